The number of aliphatic hydroxyl groups is 1. The maximum Gasteiger partial charge on any atom is 0.321 e. The summed E-state index contributed by atoms with van der Waals surface area (Å²) in [5, 5.41) is 10.5. The summed E-state index contributed by atoms with van der Waals surface area (Å²) < 4.78 is 5.62. The minimum absolute atomic E-state index is 0.134. The van der Waals surface area contributed by atoms with Crippen LogP contribution in [0.1, 0.15) is 37.7 Å². The van der Waals surface area contributed by atoms with Crippen molar-refractivity contribution < 1.29 is 14.6 Å². The molecule has 154 valence electrons. The molecule has 1 saturated heterocycles. The van der Waals surface area contributed by atoms with E-state index in [1.165, 1.54) is 19.3 Å². The number of hydrogen-bond acceptors (Lipinski definition) is 6. The summed E-state index contributed by atoms with van der Waals surface area (Å²) in [5.41, 5.74) is 1.07. The number of rotatable bonds is 5. The van der Waals surface area contributed by atoms with Crippen molar-refractivity contribution in [1.82, 2.24) is 19.8 Å². The fraction of sp³-hybridized carbons (Fsp3) is 0.500. The van der Waals surface area contributed by atoms with Crippen molar-refractivity contribution in [3.63, 3.8) is 0 Å². The van der Waals surface area contributed by atoms with Crippen LogP contribution in [-0.4, -0.2) is 62.6 Å². The number of carbonyl (C=O) groups is 1. The van der Waals surface area contributed by atoms with Crippen LogP contribution in [0.2, 0.25) is 0 Å². The van der Waals surface area contributed by atoms with Crippen LogP contribution in [0.5, 0.6) is 11.8 Å². The molecule has 2 aliphatic rings. The van der Waals surface area contributed by atoms with Gasteiger partial charge < -0.3 is 14.7 Å². The monoisotopic (exact) mass is 396 g/mol. The second-order valence-corrected chi connectivity index (χ2v) is 7.94. The number of β-amino-alcohol motifs (C(OH)–C–C–N with tert-alkyl or cyclic N) is 1. The lowest BCUT2D eigenvalue weighted by Gasteiger charge is -2.34. The van der Waals surface area contributed by atoms with Crippen LogP contribution in [-0.2, 0) is 11.3 Å². The number of amides is 1. The SMILES string of the molecule is O=C1CN(Cc2ccc(Oc3ncccn3)cc2)CC(O)CN1C1CCCCC1. The summed E-state index contributed by atoms with van der Waals surface area (Å²) in [4.78, 5) is 24.9. The number of aliphatic hydroxyl groups excluding tert-OH is 1. The minimum Gasteiger partial charge on any atom is -0.424 e. The zero-order valence-electron chi connectivity index (χ0n) is 16.6. The molecule has 0 radical (unpaired) electrons. The van der Waals surface area contributed by atoms with Gasteiger partial charge in [-0.3, -0.25) is 9.69 Å². The van der Waals surface area contributed by atoms with E-state index in [-0.39, 0.29) is 5.91 Å². The van der Waals surface area contributed by atoms with Crippen LogP contribution in [0.25, 0.3) is 0 Å². The Balaban J connectivity index is 1.36. The van der Waals surface area contributed by atoms with Crippen molar-refractivity contribution in [2.45, 2.75) is 50.8 Å². The van der Waals surface area contributed by atoms with Gasteiger partial charge in [0.25, 0.3) is 0 Å². The van der Waals surface area contributed by atoms with Crippen LogP contribution < -0.4 is 4.74 Å². The van der Waals surface area contributed by atoms with Gasteiger partial charge in [-0.1, -0.05) is 31.4 Å². The third-order valence-corrected chi connectivity index (χ3v) is 5.65. The van der Waals surface area contributed by atoms with Crippen molar-refractivity contribution in [3.05, 3.63) is 48.3 Å². The van der Waals surface area contributed by atoms with E-state index in [0.29, 0.717) is 44.0 Å². The lowest BCUT2D eigenvalue weighted by molar-refractivity contribution is -0.134. The lowest BCUT2D eigenvalue weighted by Crippen LogP contribution is -2.45. The van der Waals surface area contributed by atoms with Crippen molar-refractivity contribution in [2.24, 2.45) is 0 Å². The summed E-state index contributed by atoms with van der Waals surface area (Å²) in [7, 11) is 0. The molecule has 0 bridgehead atoms. The van der Waals surface area contributed by atoms with Gasteiger partial charge in [-0.15, -0.1) is 0 Å². The quantitative estimate of drug-likeness (QED) is 0.837. The molecule has 1 atom stereocenters. The van der Waals surface area contributed by atoms with Gasteiger partial charge in [0.2, 0.25) is 5.91 Å². The van der Waals surface area contributed by atoms with E-state index in [2.05, 4.69) is 9.97 Å². The van der Waals surface area contributed by atoms with Gasteiger partial charge in [0.15, 0.2) is 0 Å². The number of hydrogen-bond donors (Lipinski definition) is 1. The summed E-state index contributed by atoms with van der Waals surface area (Å²) >= 11 is 0. The fourth-order valence-electron chi connectivity index (χ4n) is 4.26. The van der Waals surface area contributed by atoms with E-state index >= 15 is 0 Å². The topological polar surface area (TPSA) is 78.8 Å². The molecule has 1 aromatic heterocycles. The molecule has 1 N–H and O–H groups in total. The average molecular weight is 396 g/mol. The minimum atomic E-state index is -0.513. The Hall–Kier alpha value is -2.51. The highest BCUT2D eigenvalue weighted by molar-refractivity contribution is 5.79. The van der Waals surface area contributed by atoms with Gasteiger partial charge in [-0.2, -0.15) is 0 Å². The summed E-state index contributed by atoms with van der Waals surface area (Å²) in [5.74, 6) is 0.796. The smallest absolute Gasteiger partial charge is 0.321 e. The van der Waals surface area contributed by atoms with Gasteiger partial charge in [-0.05, 0) is 36.6 Å². The average Bonchev–Trinajstić information content (AvgIpc) is 2.88. The number of carbonyl (C=O) groups excluding carboxylic acids is 1. The molecule has 1 aromatic carbocycles. The highest BCUT2D eigenvalue weighted by Crippen LogP contribution is 2.25. The molecule has 1 amide bonds. The standard InChI is InChI=1S/C22H28N4O3/c27-19-14-25(16-21(28)26(15-19)18-5-2-1-3-6-18)13-17-7-9-20(10-8-17)29-22-23-11-4-12-24-22/h4,7-12,18-19,27H,1-3,5-6,13-16H2. The van der Waals surface area contributed by atoms with Gasteiger partial charge in [0.1, 0.15) is 5.75 Å². The highest BCUT2D eigenvalue weighted by Gasteiger charge is 2.32. The van der Waals surface area contributed by atoms with Gasteiger partial charge in [-0.25, -0.2) is 9.97 Å². The molecule has 29 heavy (non-hydrogen) atoms. The van der Waals surface area contributed by atoms with E-state index in [4.69, 9.17) is 4.74 Å². The van der Waals surface area contributed by atoms with Crippen LogP contribution in [0.3, 0.4) is 0 Å². The Bertz CT molecular complexity index is 793. The third kappa shape index (κ3) is 5.31. The number of benzene rings is 1. The van der Waals surface area contributed by atoms with Crippen molar-refractivity contribution in [2.75, 3.05) is 19.6 Å². The molecular formula is C22H28N4O3. The maximum atomic E-state index is 12.9. The third-order valence-electron chi connectivity index (χ3n) is 5.65. The van der Waals surface area contributed by atoms with E-state index in [0.717, 1.165) is 18.4 Å². The van der Waals surface area contributed by atoms with Crippen molar-refractivity contribution in [3.8, 4) is 11.8 Å². The first-order chi connectivity index (χ1) is 14.2. The van der Waals surface area contributed by atoms with E-state index in [1.807, 2.05) is 34.1 Å². The predicted molar refractivity (Wildman–Crippen MR) is 108 cm³/mol. The molecule has 1 aliphatic carbocycles. The van der Waals surface area contributed by atoms with Crippen molar-refractivity contribution >= 4 is 5.91 Å². The van der Waals surface area contributed by atoms with E-state index < -0.39 is 6.10 Å². The van der Waals surface area contributed by atoms with Gasteiger partial charge >= 0.3 is 6.01 Å². The molecule has 0 spiro atoms. The molecule has 1 unspecified atom stereocenters. The molecule has 4 rings (SSSR count). The van der Waals surface area contributed by atoms with E-state index in [9.17, 15) is 9.90 Å². The Morgan fingerprint density at radius 3 is 2.48 bits per heavy atom. The Morgan fingerprint density at radius 1 is 1.03 bits per heavy atom. The van der Waals surface area contributed by atoms with Gasteiger partial charge in [0.05, 0.1) is 12.6 Å². The first kappa shape index (κ1) is 19.8. The largest absolute Gasteiger partial charge is 0.424 e. The molecule has 2 aromatic rings. The molecule has 1 saturated carbocycles. The molecular weight excluding hydrogens is 368 g/mol. The maximum absolute atomic E-state index is 12.9. The van der Waals surface area contributed by atoms with Gasteiger partial charge in [0, 0.05) is 38.1 Å². The van der Waals surface area contributed by atoms with Crippen molar-refractivity contribution in [1.29, 1.82) is 0 Å². The second kappa shape index (κ2) is 9.33. The second-order valence-electron chi connectivity index (χ2n) is 7.94. The fourth-order valence-corrected chi connectivity index (χ4v) is 4.26. The molecule has 2 fully saturated rings. The lowest BCUT2D eigenvalue weighted by atomic mass is 9.94. The molecule has 2 heterocycles. The zero-order valence-corrected chi connectivity index (χ0v) is 16.6. The summed E-state index contributed by atoms with van der Waals surface area (Å²) in [6.07, 6.45) is 8.48. The Labute approximate surface area is 171 Å². The zero-order chi connectivity index (χ0) is 20.1. The van der Waals surface area contributed by atoms with Crippen LogP contribution >= 0.6 is 0 Å². The summed E-state index contributed by atoms with van der Waals surface area (Å²) in [6, 6.07) is 10.0. The first-order valence-corrected chi connectivity index (χ1v) is 10.4. The molecule has 7 heteroatoms. The number of nitrogens with zero attached hydrogens (tertiary/aromatic N) is 4. The highest BCUT2D eigenvalue weighted by atomic mass is 16.5. The first-order valence-electron chi connectivity index (χ1n) is 10.4. The predicted octanol–water partition coefficient (Wildman–Crippen LogP) is 2.61. The Kier molecular flexibility index (Phi) is 6.36. The normalized spacial score (nSPS) is 21.8. The number of ether oxygens (including phenoxy) is 1. The molecule has 7 nitrogen and oxygen atoms in total. The van der Waals surface area contributed by atoms with Crippen LogP contribution in [0.4, 0.5) is 0 Å². The number of aromatic nitrogens is 2. The molecule has 1 aliphatic heterocycles. The summed E-state index contributed by atoms with van der Waals surface area (Å²) in [6.45, 7) is 1.92. The van der Waals surface area contributed by atoms with Crippen LogP contribution in [0.15, 0.2) is 42.7 Å². The Morgan fingerprint density at radius 2 is 1.76 bits per heavy atom. The van der Waals surface area contributed by atoms with Crippen LogP contribution in [0, 0.1) is 0 Å². The van der Waals surface area contributed by atoms with E-state index in [1.54, 1.807) is 18.5 Å².